The van der Waals surface area contributed by atoms with Gasteiger partial charge in [-0.25, -0.2) is 0 Å². The van der Waals surface area contributed by atoms with E-state index in [1.165, 1.54) is 5.56 Å². The van der Waals surface area contributed by atoms with Gasteiger partial charge in [-0.2, -0.15) is 5.10 Å². The van der Waals surface area contributed by atoms with Crippen molar-refractivity contribution in [3.8, 4) is 5.75 Å². The third-order valence-corrected chi connectivity index (χ3v) is 2.63. The van der Waals surface area contributed by atoms with Crippen molar-refractivity contribution < 1.29 is 4.74 Å². The Hall–Kier alpha value is -2.29. The molecule has 0 radical (unpaired) electrons. The minimum Gasteiger partial charge on any atom is -0.489 e. The molecule has 0 aliphatic heterocycles. The lowest BCUT2D eigenvalue weighted by atomic mass is 10.2. The van der Waals surface area contributed by atoms with Crippen molar-refractivity contribution in [1.29, 1.82) is 0 Å². The molecule has 0 amide bonds. The Balaban J connectivity index is 1.95. The fourth-order valence-electron chi connectivity index (χ4n) is 1.59. The van der Waals surface area contributed by atoms with E-state index in [2.05, 4.69) is 36.3 Å². The molecule has 0 fully saturated rings. The lowest BCUT2D eigenvalue weighted by molar-refractivity contribution is 0.306. The maximum atomic E-state index is 5.69. The van der Waals surface area contributed by atoms with Gasteiger partial charge in [-0.15, -0.1) is 0 Å². The molecule has 0 saturated carbocycles. The molecule has 92 valence electrons. The minimum atomic E-state index is 0.574. The number of hydrogen-bond acceptors (Lipinski definition) is 3. The van der Waals surface area contributed by atoms with Crippen LogP contribution in [0.3, 0.4) is 0 Å². The maximum absolute atomic E-state index is 5.69. The predicted molar refractivity (Wildman–Crippen MR) is 73.7 cm³/mol. The van der Waals surface area contributed by atoms with E-state index in [0.717, 1.165) is 16.9 Å². The van der Waals surface area contributed by atoms with E-state index in [1.54, 1.807) is 6.21 Å². The second kappa shape index (κ2) is 5.87. The molecule has 0 aromatic heterocycles. The topological polar surface area (TPSA) is 47.6 Å². The van der Waals surface area contributed by atoms with E-state index in [4.69, 9.17) is 10.6 Å². The van der Waals surface area contributed by atoms with Crippen LogP contribution in [0, 0.1) is 6.92 Å². The summed E-state index contributed by atoms with van der Waals surface area (Å²) in [5.74, 6) is 5.92. The number of aryl methyl sites for hydroxylation is 1. The van der Waals surface area contributed by atoms with Crippen molar-refractivity contribution in [3.63, 3.8) is 0 Å². The van der Waals surface area contributed by atoms with Crippen LogP contribution in [-0.2, 0) is 6.61 Å². The van der Waals surface area contributed by atoms with Crippen LogP contribution in [0.4, 0.5) is 0 Å². The van der Waals surface area contributed by atoms with Gasteiger partial charge in [-0.05, 0) is 42.3 Å². The van der Waals surface area contributed by atoms with E-state index in [9.17, 15) is 0 Å². The molecule has 0 unspecified atom stereocenters. The molecule has 2 rings (SSSR count). The SMILES string of the molecule is Cc1ccc(COc2ccc(C=NN)cc2)cc1. The summed E-state index contributed by atoms with van der Waals surface area (Å²) < 4.78 is 5.69. The smallest absolute Gasteiger partial charge is 0.119 e. The van der Waals surface area contributed by atoms with Crippen LogP contribution in [0.25, 0.3) is 0 Å². The zero-order valence-electron chi connectivity index (χ0n) is 10.3. The number of hydrazone groups is 1. The first-order valence-corrected chi connectivity index (χ1v) is 5.79. The second-order valence-corrected chi connectivity index (χ2v) is 4.12. The molecule has 3 heteroatoms. The van der Waals surface area contributed by atoms with E-state index in [0.29, 0.717) is 6.61 Å². The first-order chi connectivity index (χ1) is 8.78. The monoisotopic (exact) mass is 240 g/mol. The molecule has 0 aliphatic carbocycles. The van der Waals surface area contributed by atoms with Gasteiger partial charge in [0.2, 0.25) is 0 Å². The van der Waals surface area contributed by atoms with Gasteiger partial charge < -0.3 is 10.6 Å². The minimum absolute atomic E-state index is 0.574. The summed E-state index contributed by atoms with van der Waals surface area (Å²) in [5.41, 5.74) is 3.37. The number of nitrogens with two attached hydrogens (primary N) is 1. The molecular formula is C15H16N2O. The molecule has 3 nitrogen and oxygen atoms in total. The van der Waals surface area contributed by atoms with Crippen LogP contribution in [0.1, 0.15) is 16.7 Å². The quantitative estimate of drug-likeness (QED) is 0.507. The Morgan fingerprint density at radius 3 is 2.33 bits per heavy atom. The van der Waals surface area contributed by atoms with Crippen molar-refractivity contribution in [2.75, 3.05) is 0 Å². The number of rotatable bonds is 4. The van der Waals surface area contributed by atoms with E-state index >= 15 is 0 Å². The van der Waals surface area contributed by atoms with E-state index in [-0.39, 0.29) is 0 Å². The zero-order chi connectivity index (χ0) is 12.8. The van der Waals surface area contributed by atoms with Gasteiger partial charge in [-0.3, -0.25) is 0 Å². The molecular weight excluding hydrogens is 224 g/mol. The molecule has 0 spiro atoms. The Bertz CT molecular complexity index is 515. The van der Waals surface area contributed by atoms with Crippen LogP contribution < -0.4 is 10.6 Å². The molecule has 0 atom stereocenters. The van der Waals surface area contributed by atoms with Crippen molar-refractivity contribution >= 4 is 6.21 Å². The fourth-order valence-corrected chi connectivity index (χ4v) is 1.59. The lowest BCUT2D eigenvalue weighted by Crippen LogP contribution is -1.95. The van der Waals surface area contributed by atoms with Gasteiger partial charge in [0.05, 0.1) is 6.21 Å². The summed E-state index contributed by atoms with van der Waals surface area (Å²) >= 11 is 0. The Morgan fingerprint density at radius 2 is 1.72 bits per heavy atom. The molecule has 2 aromatic rings. The van der Waals surface area contributed by atoms with Gasteiger partial charge >= 0.3 is 0 Å². The highest BCUT2D eigenvalue weighted by Gasteiger charge is 1.96. The molecule has 2 aromatic carbocycles. The summed E-state index contributed by atoms with van der Waals surface area (Å²) in [5, 5.41) is 3.47. The Labute approximate surface area is 107 Å². The summed E-state index contributed by atoms with van der Waals surface area (Å²) in [7, 11) is 0. The van der Waals surface area contributed by atoms with Crippen LogP contribution in [0.2, 0.25) is 0 Å². The summed E-state index contributed by atoms with van der Waals surface area (Å²) in [4.78, 5) is 0. The average Bonchev–Trinajstić information content (AvgIpc) is 2.40. The normalized spacial score (nSPS) is 10.7. The second-order valence-electron chi connectivity index (χ2n) is 4.12. The predicted octanol–water partition coefficient (Wildman–Crippen LogP) is 2.87. The average molecular weight is 240 g/mol. The molecule has 0 saturated heterocycles. The molecule has 18 heavy (non-hydrogen) atoms. The maximum Gasteiger partial charge on any atom is 0.119 e. The summed E-state index contributed by atoms with van der Waals surface area (Å²) in [6.07, 6.45) is 1.60. The van der Waals surface area contributed by atoms with Crippen LogP contribution in [-0.4, -0.2) is 6.21 Å². The fraction of sp³-hybridized carbons (Fsp3) is 0.133. The highest BCUT2D eigenvalue weighted by Crippen LogP contribution is 2.13. The van der Waals surface area contributed by atoms with Gasteiger partial charge in [0, 0.05) is 0 Å². The number of ether oxygens (including phenoxy) is 1. The van der Waals surface area contributed by atoms with E-state index in [1.807, 2.05) is 24.3 Å². The number of benzene rings is 2. The lowest BCUT2D eigenvalue weighted by Gasteiger charge is -2.06. The molecule has 0 bridgehead atoms. The van der Waals surface area contributed by atoms with Gasteiger partial charge in [0.1, 0.15) is 12.4 Å². The summed E-state index contributed by atoms with van der Waals surface area (Å²) in [6, 6.07) is 16.0. The van der Waals surface area contributed by atoms with Crippen LogP contribution in [0.15, 0.2) is 53.6 Å². The largest absolute Gasteiger partial charge is 0.489 e. The zero-order valence-corrected chi connectivity index (χ0v) is 10.3. The molecule has 0 heterocycles. The van der Waals surface area contributed by atoms with Crippen LogP contribution in [0.5, 0.6) is 5.75 Å². The van der Waals surface area contributed by atoms with Gasteiger partial charge in [-0.1, -0.05) is 29.8 Å². The van der Waals surface area contributed by atoms with Crippen molar-refractivity contribution in [2.24, 2.45) is 10.9 Å². The molecule has 2 N–H and O–H groups in total. The van der Waals surface area contributed by atoms with E-state index < -0.39 is 0 Å². The van der Waals surface area contributed by atoms with Crippen molar-refractivity contribution in [1.82, 2.24) is 0 Å². The Kier molecular flexibility index (Phi) is 3.97. The highest BCUT2D eigenvalue weighted by atomic mass is 16.5. The van der Waals surface area contributed by atoms with Gasteiger partial charge in [0.25, 0.3) is 0 Å². The first-order valence-electron chi connectivity index (χ1n) is 5.79. The molecule has 0 aliphatic rings. The van der Waals surface area contributed by atoms with Crippen molar-refractivity contribution in [2.45, 2.75) is 13.5 Å². The van der Waals surface area contributed by atoms with Gasteiger partial charge in [0.15, 0.2) is 0 Å². The number of hydrogen-bond donors (Lipinski definition) is 1. The number of nitrogens with zero attached hydrogens (tertiary/aromatic N) is 1. The Morgan fingerprint density at radius 1 is 1.06 bits per heavy atom. The first kappa shape index (κ1) is 12.2. The third-order valence-electron chi connectivity index (χ3n) is 2.63. The summed E-state index contributed by atoms with van der Waals surface area (Å²) in [6.45, 7) is 2.65. The van der Waals surface area contributed by atoms with Crippen LogP contribution >= 0.6 is 0 Å². The van der Waals surface area contributed by atoms with Crippen molar-refractivity contribution in [3.05, 3.63) is 65.2 Å². The third kappa shape index (κ3) is 3.35. The standard InChI is InChI=1S/C15H16N2O/c1-12-2-4-14(5-3-12)11-18-15-8-6-13(7-9-15)10-17-16/h2-10H,11,16H2,1H3. The highest BCUT2D eigenvalue weighted by molar-refractivity contribution is 5.79.